The van der Waals surface area contributed by atoms with Crippen LogP contribution < -0.4 is 11.1 Å². The van der Waals surface area contributed by atoms with E-state index >= 15 is 0 Å². The second kappa shape index (κ2) is 4.85. The predicted octanol–water partition coefficient (Wildman–Crippen LogP) is 1.45. The van der Waals surface area contributed by atoms with Crippen molar-refractivity contribution in [3.05, 3.63) is 29.8 Å². The number of benzene rings is 1. The maximum Gasteiger partial charge on any atom is 0.230 e. The standard InChI is InChI=1S/C15H20N2O2/c16-13-3-1-12(2-4-13)15(6-7-15)14(18)17-9-11-5-8-19-10-11/h1-4,11H,5-10,16H2,(H,17,18). The lowest BCUT2D eigenvalue weighted by atomic mass is 9.94. The number of hydrogen-bond donors (Lipinski definition) is 2. The molecule has 1 aromatic carbocycles. The summed E-state index contributed by atoms with van der Waals surface area (Å²) in [4.78, 5) is 12.4. The number of carbonyl (C=O) groups excluding carboxylic acids is 1. The van der Waals surface area contributed by atoms with Crippen LogP contribution in [0.25, 0.3) is 0 Å². The Bertz CT molecular complexity index is 460. The summed E-state index contributed by atoms with van der Waals surface area (Å²) in [6.45, 7) is 2.33. The molecule has 1 atom stereocenters. The van der Waals surface area contributed by atoms with Crippen LogP contribution in [0, 0.1) is 5.92 Å². The van der Waals surface area contributed by atoms with Crippen molar-refractivity contribution in [1.82, 2.24) is 5.32 Å². The largest absolute Gasteiger partial charge is 0.399 e. The van der Waals surface area contributed by atoms with Crippen LogP contribution in [0.15, 0.2) is 24.3 Å². The van der Waals surface area contributed by atoms with Crippen molar-refractivity contribution in [3.63, 3.8) is 0 Å². The molecule has 3 N–H and O–H groups in total. The van der Waals surface area contributed by atoms with E-state index in [4.69, 9.17) is 10.5 Å². The number of amides is 1. The molecule has 19 heavy (non-hydrogen) atoms. The fourth-order valence-corrected chi connectivity index (χ4v) is 2.72. The normalized spacial score (nSPS) is 24.1. The van der Waals surface area contributed by atoms with Gasteiger partial charge in [0.2, 0.25) is 5.91 Å². The molecule has 1 heterocycles. The number of hydrogen-bond acceptors (Lipinski definition) is 3. The van der Waals surface area contributed by atoms with Gasteiger partial charge in [0, 0.05) is 24.8 Å². The van der Waals surface area contributed by atoms with E-state index < -0.39 is 0 Å². The van der Waals surface area contributed by atoms with E-state index in [9.17, 15) is 4.79 Å². The molecule has 0 radical (unpaired) electrons. The molecule has 2 fully saturated rings. The van der Waals surface area contributed by atoms with Gasteiger partial charge in [-0.2, -0.15) is 0 Å². The first-order valence-corrected chi connectivity index (χ1v) is 6.93. The fraction of sp³-hybridized carbons (Fsp3) is 0.533. The Morgan fingerprint density at radius 1 is 1.37 bits per heavy atom. The van der Waals surface area contributed by atoms with Crippen LogP contribution in [0.4, 0.5) is 5.69 Å². The topological polar surface area (TPSA) is 64.4 Å². The lowest BCUT2D eigenvalue weighted by Gasteiger charge is -2.17. The van der Waals surface area contributed by atoms with Crippen molar-refractivity contribution >= 4 is 11.6 Å². The molecular weight excluding hydrogens is 240 g/mol. The summed E-state index contributed by atoms with van der Waals surface area (Å²) < 4.78 is 5.32. The quantitative estimate of drug-likeness (QED) is 0.805. The van der Waals surface area contributed by atoms with Gasteiger partial charge in [-0.25, -0.2) is 0 Å². The average Bonchev–Trinajstić information content (AvgIpc) is 3.07. The van der Waals surface area contributed by atoms with Crippen LogP contribution in [-0.4, -0.2) is 25.7 Å². The van der Waals surface area contributed by atoms with Crippen LogP contribution >= 0.6 is 0 Å². The average molecular weight is 260 g/mol. The minimum Gasteiger partial charge on any atom is -0.399 e. The van der Waals surface area contributed by atoms with E-state index in [1.165, 1.54) is 0 Å². The smallest absolute Gasteiger partial charge is 0.230 e. The number of anilines is 1. The van der Waals surface area contributed by atoms with E-state index in [0.717, 1.165) is 50.3 Å². The van der Waals surface area contributed by atoms with Gasteiger partial charge in [0.25, 0.3) is 0 Å². The van der Waals surface area contributed by atoms with E-state index in [0.29, 0.717) is 5.92 Å². The number of carbonyl (C=O) groups is 1. The number of nitrogens with one attached hydrogen (secondary N) is 1. The van der Waals surface area contributed by atoms with E-state index in [1.807, 2.05) is 24.3 Å². The predicted molar refractivity (Wildman–Crippen MR) is 73.7 cm³/mol. The summed E-state index contributed by atoms with van der Waals surface area (Å²) in [5.41, 5.74) is 7.22. The van der Waals surface area contributed by atoms with Crippen molar-refractivity contribution in [3.8, 4) is 0 Å². The van der Waals surface area contributed by atoms with Crippen molar-refractivity contribution in [1.29, 1.82) is 0 Å². The van der Waals surface area contributed by atoms with E-state index in [2.05, 4.69) is 5.32 Å². The number of ether oxygens (including phenoxy) is 1. The van der Waals surface area contributed by atoms with Gasteiger partial charge in [-0.15, -0.1) is 0 Å². The second-order valence-electron chi connectivity index (χ2n) is 5.64. The molecule has 0 spiro atoms. The molecule has 1 unspecified atom stereocenters. The van der Waals surface area contributed by atoms with E-state index in [-0.39, 0.29) is 11.3 Å². The summed E-state index contributed by atoms with van der Waals surface area (Å²) in [5, 5.41) is 3.09. The number of nitrogen functional groups attached to an aromatic ring is 1. The highest BCUT2D eigenvalue weighted by atomic mass is 16.5. The lowest BCUT2D eigenvalue weighted by Crippen LogP contribution is -2.37. The first kappa shape index (κ1) is 12.5. The Labute approximate surface area is 113 Å². The maximum atomic E-state index is 12.4. The highest BCUT2D eigenvalue weighted by molar-refractivity contribution is 5.91. The third kappa shape index (κ3) is 2.45. The highest BCUT2D eigenvalue weighted by Gasteiger charge is 2.51. The molecule has 1 aromatic rings. The van der Waals surface area contributed by atoms with Crippen LogP contribution in [0.1, 0.15) is 24.8 Å². The zero-order valence-corrected chi connectivity index (χ0v) is 11.0. The van der Waals surface area contributed by atoms with Crippen LogP contribution in [0.2, 0.25) is 0 Å². The molecule has 4 heteroatoms. The SMILES string of the molecule is Nc1ccc(C2(C(=O)NCC3CCOC3)CC2)cc1. The Morgan fingerprint density at radius 3 is 2.68 bits per heavy atom. The first-order chi connectivity index (χ1) is 9.21. The van der Waals surface area contributed by atoms with Gasteiger partial charge in [0.15, 0.2) is 0 Å². The van der Waals surface area contributed by atoms with Gasteiger partial charge in [-0.1, -0.05) is 12.1 Å². The van der Waals surface area contributed by atoms with Crippen molar-refractivity contribution < 1.29 is 9.53 Å². The second-order valence-corrected chi connectivity index (χ2v) is 5.64. The van der Waals surface area contributed by atoms with Crippen LogP contribution in [-0.2, 0) is 14.9 Å². The minimum absolute atomic E-state index is 0.157. The summed E-state index contributed by atoms with van der Waals surface area (Å²) in [6, 6.07) is 7.68. The summed E-state index contributed by atoms with van der Waals surface area (Å²) in [7, 11) is 0. The molecule has 0 bridgehead atoms. The Hall–Kier alpha value is -1.55. The number of rotatable bonds is 4. The molecule has 1 aliphatic carbocycles. The lowest BCUT2D eigenvalue weighted by molar-refractivity contribution is -0.123. The van der Waals surface area contributed by atoms with Gasteiger partial charge >= 0.3 is 0 Å². The van der Waals surface area contributed by atoms with Crippen molar-refractivity contribution in [2.75, 3.05) is 25.5 Å². The molecule has 1 aliphatic heterocycles. The number of nitrogens with two attached hydrogens (primary N) is 1. The zero-order chi connectivity index (χ0) is 13.3. The van der Waals surface area contributed by atoms with Crippen LogP contribution in [0.5, 0.6) is 0 Å². The maximum absolute atomic E-state index is 12.4. The molecule has 102 valence electrons. The summed E-state index contributed by atoms with van der Waals surface area (Å²) in [6.07, 6.45) is 2.92. The Balaban J connectivity index is 1.63. The molecule has 1 saturated carbocycles. The van der Waals surface area contributed by atoms with Gasteiger partial charge in [0.05, 0.1) is 12.0 Å². The van der Waals surface area contributed by atoms with Crippen molar-refractivity contribution in [2.45, 2.75) is 24.7 Å². The molecule has 4 nitrogen and oxygen atoms in total. The summed E-state index contributed by atoms with van der Waals surface area (Å²) in [5.74, 6) is 0.635. The van der Waals surface area contributed by atoms with Gasteiger partial charge in [-0.3, -0.25) is 4.79 Å². The molecular formula is C15H20N2O2. The third-order valence-electron chi connectivity index (χ3n) is 4.22. The Morgan fingerprint density at radius 2 is 2.11 bits per heavy atom. The fourth-order valence-electron chi connectivity index (χ4n) is 2.72. The minimum atomic E-state index is -0.298. The monoisotopic (exact) mass is 260 g/mol. The van der Waals surface area contributed by atoms with Crippen LogP contribution in [0.3, 0.4) is 0 Å². The molecule has 1 saturated heterocycles. The highest BCUT2D eigenvalue weighted by Crippen LogP contribution is 2.48. The molecule has 3 rings (SSSR count). The molecule has 1 amide bonds. The summed E-state index contributed by atoms with van der Waals surface area (Å²) >= 11 is 0. The van der Waals surface area contributed by atoms with Gasteiger partial charge in [0.1, 0.15) is 0 Å². The molecule has 2 aliphatic rings. The van der Waals surface area contributed by atoms with Gasteiger partial charge in [-0.05, 0) is 37.0 Å². The van der Waals surface area contributed by atoms with Gasteiger partial charge < -0.3 is 15.8 Å². The zero-order valence-electron chi connectivity index (χ0n) is 11.0. The first-order valence-electron chi connectivity index (χ1n) is 6.93. The Kier molecular flexibility index (Phi) is 3.19. The van der Waals surface area contributed by atoms with Crippen molar-refractivity contribution in [2.24, 2.45) is 5.92 Å². The van der Waals surface area contributed by atoms with E-state index in [1.54, 1.807) is 0 Å². The third-order valence-corrected chi connectivity index (χ3v) is 4.22. The molecule has 0 aromatic heterocycles.